The molecule has 0 amide bonds. The van der Waals surface area contributed by atoms with E-state index in [0.717, 1.165) is 167 Å². The van der Waals surface area contributed by atoms with Crippen molar-refractivity contribution in [1.82, 2.24) is 0 Å². The molecule has 0 aromatic carbocycles. The Bertz CT molecular complexity index is 1920. The maximum absolute atomic E-state index is 13.2. The number of allylic oxidation sites excluding steroid dienone is 22. The molecule has 12 nitrogen and oxygen atoms in total. The normalized spacial score (nSPS) is 18.7. The Balaban J connectivity index is 2.72. The van der Waals surface area contributed by atoms with Gasteiger partial charge in [0.05, 0.1) is 6.61 Å². The van der Waals surface area contributed by atoms with Crippen molar-refractivity contribution in [1.29, 1.82) is 0 Å². The van der Waals surface area contributed by atoms with Gasteiger partial charge >= 0.3 is 23.9 Å². The molecule has 6 atom stereocenters. The van der Waals surface area contributed by atoms with Crippen molar-refractivity contribution in [2.24, 2.45) is 0 Å². The number of carbonyl (C=O) groups is 4. The summed E-state index contributed by atoms with van der Waals surface area (Å²) >= 11 is 0. The second-order valence-electron chi connectivity index (χ2n) is 20.5. The molecule has 3 N–H and O–H groups in total. The van der Waals surface area contributed by atoms with E-state index in [4.69, 9.17) is 23.7 Å². The average Bonchev–Trinajstić information content (AvgIpc) is 3.53. The van der Waals surface area contributed by atoms with Crippen molar-refractivity contribution in [3.8, 4) is 0 Å². The Labute approximate surface area is 490 Å². The van der Waals surface area contributed by atoms with Crippen LogP contribution >= 0.6 is 0 Å². The van der Waals surface area contributed by atoms with Crippen LogP contribution < -0.4 is 0 Å². The van der Waals surface area contributed by atoms with Gasteiger partial charge in [0, 0.05) is 19.3 Å². The summed E-state index contributed by atoms with van der Waals surface area (Å²) in [5, 5.41) is 31.5. The monoisotopic (exact) mass is 1130 g/mol. The van der Waals surface area contributed by atoms with Crippen LogP contribution in [0.3, 0.4) is 0 Å². The van der Waals surface area contributed by atoms with Gasteiger partial charge in [-0.3, -0.25) is 14.4 Å². The molecule has 1 aliphatic heterocycles. The molecule has 1 rings (SSSR count). The molecule has 0 saturated carbocycles. The smallest absolute Gasteiger partial charge is 0.335 e. The van der Waals surface area contributed by atoms with Gasteiger partial charge in [-0.15, -0.1) is 0 Å². The molecular formula is C69H108O12. The van der Waals surface area contributed by atoms with Crippen LogP contribution in [0.25, 0.3) is 0 Å². The summed E-state index contributed by atoms with van der Waals surface area (Å²) in [4.78, 5) is 51.3. The number of aliphatic carboxylic acids is 1. The highest BCUT2D eigenvalue weighted by Gasteiger charge is 2.50. The first-order valence-electron chi connectivity index (χ1n) is 31.2. The van der Waals surface area contributed by atoms with Gasteiger partial charge in [0.2, 0.25) is 0 Å². The Morgan fingerprint density at radius 2 is 0.741 bits per heavy atom. The van der Waals surface area contributed by atoms with E-state index in [-0.39, 0.29) is 25.9 Å². The van der Waals surface area contributed by atoms with E-state index >= 15 is 0 Å². The quantitative estimate of drug-likeness (QED) is 0.0228. The maximum Gasteiger partial charge on any atom is 0.335 e. The molecule has 1 fully saturated rings. The van der Waals surface area contributed by atoms with Crippen LogP contribution in [-0.4, -0.2) is 89.2 Å². The summed E-state index contributed by atoms with van der Waals surface area (Å²) in [5.41, 5.74) is 0. The van der Waals surface area contributed by atoms with Crippen molar-refractivity contribution >= 4 is 23.9 Å². The second kappa shape index (κ2) is 55.4. The van der Waals surface area contributed by atoms with Crippen molar-refractivity contribution in [2.75, 3.05) is 13.2 Å². The van der Waals surface area contributed by atoms with Gasteiger partial charge in [0.1, 0.15) is 18.8 Å². The van der Waals surface area contributed by atoms with Gasteiger partial charge in [-0.2, -0.15) is 0 Å². The summed E-state index contributed by atoms with van der Waals surface area (Å²) in [6.45, 7) is 5.61. The van der Waals surface area contributed by atoms with E-state index in [9.17, 15) is 34.5 Å². The van der Waals surface area contributed by atoms with Gasteiger partial charge in [0.15, 0.2) is 24.6 Å². The molecular weight excluding hydrogens is 1020 g/mol. The maximum atomic E-state index is 13.2. The fourth-order valence-corrected chi connectivity index (χ4v) is 8.54. The zero-order valence-electron chi connectivity index (χ0n) is 50.2. The predicted molar refractivity (Wildman–Crippen MR) is 330 cm³/mol. The van der Waals surface area contributed by atoms with Crippen LogP contribution in [-0.2, 0) is 42.9 Å². The van der Waals surface area contributed by atoms with Crippen molar-refractivity contribution in [3.05, 3.63) is 134 Å². The number of rotatable bonds is 51. The lowest BCUT2D eigenvalue weighted by atomic mass is 9.98. The van der Waals surface area contributed by atoms with E-state index in [1.807, 2.05) is 0 Å². The first-order valence-corrected chi connectivity index (χ1v) is 31.2. The van der Waals surface area contributed by atoms with Crippen molar-refractivity contribution in [3.63, 3.8) is 0 Å². The van der Waals surface area contributed by atoms with Crippen LogP contribution in [0.15, 0.2) is 134 Å². The minimum atomic E-state index is -1.92. The van der Waals surface area contributed by atoms with Crippen LogP contribution in [0.5, 0.6) is 0 Å². The molecule has 1 saturated heterocycles. The number of carboxylic acid groups (broad SMARTS) is 1. The van der Waals surface area contributed by atoms with Crippen LogP contribution in [0.2, 0.25) is 0 Å². The Hall–Kier alpha value is -5.14. The molecule has 0 radical (unpaired) electrons. The zero-order chi connectivity index (χ0) is 58.9. The molecule has 81 heavy (non-hydrogen) atoms. The zero-order valence-corrected chi connectivity index (χ0v) is 50.2. The van der Waals surface area contributed by atoms with Crippen LogP contribution in [0.1, 0.15) is 226 Å². The van der Waals surface area contributed by atoms with Gasteiger partial charge in [-0.25, -0.2) is 4.79 Å². The third-order valence-electron chi connectivity index (χ3n) is 13.2. The molecule has 0 bridgehead atoms. The third kappa shape index (κ3) is 45.1. The number of aliphatic hydroxyl groups is 2. The van der Waals surface area contributed by atoms with Gasteiger partial charge in [0.25, 0.3) is 0 Å². The summed E-state index contributed by atoms with van der Waals surface area (Å²) in [6.07, 6.45) is 65.5. The third-order valence-corrected chi connectivity index (χ3v) is 13.2. The number of esters is 3. The molecule has 0 aromatic heterocycles. The Kier molecular flexibility index (Phi) is 50.5. The van der Waals surface area contributed by atoms with Gasteiger partial charge < -0.3 is 39.0 Å². The topological polar surface area (TPSA) is 175 Å². The molecule has 1 heterocycles. The summed E-state index contributed by atoms with van der Waals surface area (Å²) in [6, 6.07) is 0. The molecule has 12 heteroatoms. The second-order valence-corrected chi connectivity index (χ2v) is 20.5. The first kappa shape index (κ1) is 73.9. The number of unbranched alkanes of at least 4 members (excludes halogenated alkanes) is 15. The van der Waals surface area contributed by atoms with Crippen LogP contribution in [0, 0.1) is 0 Å². The molecule has 456 valence electrons. The Morgan fingerprint density at radius 1 is 0.407 bits per heavy atom. The largest absolute Gasteiger partial charge is 0.479 e. The molecule has 0 aromatic rings. The van der Waals surface area contributed by atoms with Gasteiger partial charge in [-0.05, 0) is 128 Å². The lowest BCUT2D eigenvalue weighted by Crippen LogP contribution is -2.61. The fourth-order valence-electron chi connectivity index (χ4n) is 8.54. The number of aliphatic hydroxyl groups excluding tert-OH is 2. The molecule has 0 aliphatic carbocycles. The van der Waals surface area contributed by atoms with E-state index in [2.05, 4.69) is 154 Å². The predicted octanol–water partition coefficient (Wildman–Crippen LogP) is 16.6. The minimum absolute atomic E-state index is 0.0291. The average molecular weight is 1130 g/mol. The molecule has 1 aliphatic rings. The number of ether oxygens (including phenoxy) is 5. The summed E-state index contributed by atoms with van der Waals surface area (Å²) in [5.74, 6) is -3.21. The van der Waals surface area contributed by atoms with E-state index in [1.54, 1.807) is 0 Å². The van der Waals surface area contributed by atoms with E-state index in [0.29, 0.717) is 19.3 Å². The van der Waals surface area contributed by atoms with Crippen LogP contribution in [0.4, 0.5) is 0 Å². The highest BCUT2D eigenvalue weighted by Crippen LogP contribution is 2.26. The fraction of sp³-hybridized carbons (Fsp3) is 0.623. The van der Waals surface area contributed by atoms with Crippen molar-refractivity contribution in [2.45, 2.75) is 263 Å². The molecule has 0 spiro atoms. The lowest BCUT2D eigenvalue weighted by molar-refractivity contribution is -0.301. The SMILES string of the molecule is CC/C=C\C/C=C\C/C=C\C/C=C\CCCCCCCCC(=O)OCC(COC1OC(C(=O)O)C(O)C(O)C1OC(=O)CCCCCCC/C=C\C/C=C\C/C=C\CC)OC(=O)CCCCCC/C=C\C/C=C\C/C=C\C/C=C\CC. The number of carboxylic acids is 1. The summed E-state index contributed by atoms with van der Waals surface area (Å²) < 4.78 is 28.4. The molecule has 6 unspecified atom stereocenters. The standard InChI is InChI=1S/C69H108O12/c1-4-7-10-13-16-19-22-25-28-30-31-33-35-37-40-43-46-49-52-55-61(70)77-58-60(79-62(71)56-53-50-47-44-41-39-36-32-29-26-23-20-17-14-11-8-5-2)59-78-69-67(65(74)64(73)66(81-69)68(75)76)80-63(72)57-54-51-48-45-42-38-34-27-24-21-18-15-12-9-6-3/h7-12,16-21,25-29,31,33-34,36,39,60,64-67,69,73-74H,4-6,13-15,22-24,30,32,35,37-38,40-59H2,1-3H3,(H,75,76)/b10-7-,11-8-,12-9-,19-16-,20-17-,21-18-,28-25-,29-26-,33-31-,34-27-,39-36-. The van der Waals surface area contributed by atoms with Gasteiger partial charge in [-0.1, -0.05) is 212 Å². The van der Waals surface area contributed by atoms with E-state index < -0.39 is 67.3 Å². The van der Waals surface area contributed by atoms with Crippen molar-refractivity contribution < 1.29 is 58.2 Å². The highest BCUT2D eigenvalue weighted by molar-refractivity contribution is 5.74. The number of hydrogen-bond donors (Lipinski definition) is 3. The number of carbonyl (C=O) groups excluding carboxylic acids is 3. The lowest BCUT2D eigenvalue weighted by Gasteiger charge is -2.40. The summed E-state index contributed by atoms with van der Waals surface area (Å²) in [7, 11) is 0. The first-order chi connectivity index (χ1) is 39.6. The Morgan fingerprint density at radius 3 is 1.12 bits per heavy atom. The van der Waals surface area contributed by atoms with E-state index in [1.165, 1.54) is 0 Å². The number of hydrogen-bond acceptors (Lipinski definition) is 11. The minimum Gasteiger partial charge on any atom is -0.479 e. The highest BCUT2D eigenvalue weighted by atomic mass is 16.7.